The van der Waals surface area contributed by atoms with Crippen molar-refractivity contribution in [3.05, 3.63) is 67.8 Å². The first-order valence-electron chi connectivity index (χ1n) is 7.69. The lowest BCUT2D eigenvalue weighted by Crippen LogP contribution is -2.17. The fourth-order valence-corrected chi connectivity index (χ4v) is 3.98. The van der Waals surface area contributed by atoms with Crippen molar-refractivity contribution in [1.29, 1.82) is 0 Å². The summed E-state index contributed by atoms with van der Waals surface area (Å²) < 4.78 is 5.07. The second kappa shape index (κ2) is 7.10. The van der Waals surface area contributed by atoms with E-state index >= 15 is 0 Å². The van der Waals surface area contributed by atoms with Gasteiger partial charge in [0, 0.05) is 41.7 Å². The Balaban J connectivity index is 2.02. The Morgan fingerprint density at radius 2 is 2.16 bits per heavy atom. The van der Waals surface area contributed by atoms with Gasteiger partial charge in [0.2, 0.25) is 0 Å². The van der Waals surface area contributed by atoms with Gasteiger partial charge in [0.05, 0.1) is 10.6 Å². The zero-order chi connectivity index (χ0) is 18.0. The van der Waals surface area contributed by atoms with Crippen LogP contribution in [0.1, 0.15) is 28.6 Å². The first-order chi connectivity index (χ1) is 12.0. The number of hydrogen-bond acceptors (Lipinski definition) is 7. The van der Waals surface area contributed by atoms with Gasteiger partial charge in [0.15, 0.2) is 0 Å². The minimum Gasteiger partial charge on any atom is -0.507 e. The molecule has 0 aliphatic carbocycles. The molecule has 0 amide bonds. The first kappa shape index (κ1) is 17.2. The Hall–Kier alpha value is -2.61. The number of nitro benzene ring substituents is 1. The molecule has 2 aromatic rings. The Kier molecular flexibility index (Phi) is 4.89. The first-order valence-corrected chi connectivity index (χ1v) is 8.74. The summed E-state index contributed by atoms with van der Waals surface area (Å²) in [6, 6.07) is 7.93. The zero-order valence-corrected chi connectivity index (χ0v) is 14.3. The number of para-hydroxylation sites is 1. The second-order valence-electron chi connectivity index (χ2n) is 5.61. The van der Waals surface area contributed by atoms with E-state index in [1.807, 2.05) is 0 Å². The molecule has 0 unspecified atom stereocenters. The van der Waals surface area contributed by atoms with E-state index in [1.165, 1.54) is 12.1 Å². The highest BCUT2D eigenvalue weighted by atomic mass is 32.2. The molecule has 8 heteroatoms. The van der Waals surface area contributed by atoms with Crippen molar-refractivity contribution >= 4 is 23.2 Å². The van der Waals surface area contributed by atoms with E-state index < -0.39 is 10.5 Å². The predicted octanol–water partition coefficient (Wildman–Crippen LogP) is 3.23. The molecule has 0 saturated heterocycles. The van der Waals surface area contributed by atoms with Crippen molar-refractivity contribution in [2.75, 3.05) is 12.3 Å². The highest BCUT2D eigenvalue weighted by molar-refractivity contribution is 7.99. The van der Waals surface area contributed by atoms with Crippen LogP contribution in [0.25, 0.3) is 0 Å². The molecule has 0 saturated carbocycles. The smallest absolute Gasteiger partial charge is 0.348 e. The normalized spacial score (nSPS) is 17.6. The summed E-state index contributed by atoms with van der Waals surface area (Å²) in [7, 11) is 0. The molecule has 0 spiro atoms. The van der Waals surface area contributed by atoms with Crippen molar-refractivity contribution < 1.29 is 14.4 Å². The van der Waals surface area contributed by atoms with Crippen molar-refractivity contribution in [3.8, 4) is 5.75 Å². The molecule has 7 nitrogen and oxygen atoms in total. The molecular weight excluding hydrogens is 344 g/mol. The maximum atomic E-state index is 12.2. The molecular formula is C17H16N2O5S. The summed E-state index contributed by atoms with van der Waals surface area (Å²) in [4.78, 5) is 27.5. The number of aliphatic imine (C=N–C) groups is 1. The molecule has 130 valence electrons. The average Bonchev–Trinajstić information content (AvgIpc) is 2.80. The Morgan fingerprint density at radius 1 is 1.40 bits per heavy atom. The third-order valence-corrected chi connectivity index (χ3v) is 5.16. The predicted molar refractivity (Wildman–Crippen MR) is 95.7 cm³/mol. The lowest BCUT2D eigenvalue weighted by molar-refractivity contribution is -0.385. The Labute approximate surface area is 147 Å². The molecule has 1 N–H and O–H groups in total. The largest absolute Gasteiger partial charge is 0.507 e. The number of thioether (sulfide) groups is 1. The van der Waals surface area contributed by atoms with Crippen LogP contribution in [0.5, 0.6) is 5.75 Å². The molecule has 25 heavy (non-hydrogen) atoms. The summed E-state index contributed by atoms with van der Waals surface area (Å²) in [5, 5.41) is 21.2. The number of hydrogen-bond donors (Lipinski definition) is 1. The van der Waals surface area contributed by atoms with Crippen LogP contribution in [0.3, 0.4) is 0 Å². The molecule has 2 heterocycles. The van der Waals surface area contributed by atoms with Crippen molar-refractivity contribution in [2.45, 2.75) is 18.6 Å². The van der Waals surface area contributed by atoms with Gasteiger partial charge < -0.3 is 9.52 Å². The highest BCUT2D eigenvalue weighted by Crippen LogP contribution is 2.39. The van der Waals surface area contributed by atoms with Crippen molar-refractivity contribution in [3.63, 3.8) is 0 Å². The second-order valence-corrected chi connectivity index (χ2v) is 6.92. The van der Waals surface area contributed by atoms with Crippen molar-refractivity contribution in [1.82, 2.24) is 0 Å². The van der Waals surface area contributed by atoms with Crippen LogP contribution >= 0.6 is 11.8 Å². The summed E-state index contributed by atoms with van der Waals surface area (Å²) in [5.74, 6) is 0.795. The van der Waals surface area contributed by atoms with E-state index in [-0.39, 0.29) is 22.3 Å². The van der Waals surface area contributed by atoms with Gasteiger partial charge in [-0.3, -0.25) is 15.1 Å². The number of benzene rings is 1. The van der Waals surface area contributed by atoms with Crippen LogP contribution in [0.4, 0.5) is 5.69 Å². The van der Waals surface area contributed by atoms with E-state index in [0.717, 1.165) is 0 Å². The van der Waals surface area contributed by atoms with E-state index in [0.29, 0.717) is 35.8 Å². The van der Waals surface area contributed by atoms with Gasteiger partial charge in [-0.1, -0.05) is 18.2 Å². The van der Waals surface area contributed by atoms with E-state index in [4.69, 9.17) is 4.42 Å². The fraction of sp³-hybridized carbons (Fsp3) is 0.294. The van der Waals surface area contributed by atoms with Crippen LogP contribution in [0, 0.1) is 17.0 Å². The van der Waals surface area contributed by atoms with Gasteiger partial charge in [-0.05, 0) is 6.92 Å². The SMILES string of the molecule is Cc1cc(O)c(C2=NCCS[C@@H](c3ccccc3[N+](=O)[O-])C2)c(=O)o1. The maximum Gasteiger partial charge on any atom is 0.348 e. The highest BCUT2D eigenvalue weighted by Gasteiger charge is 2.28. The van der Waals surface area contributed by atoms with Gasteiger partial charge in [0.1, 0.15) is 17.1 Å². The summed E-state index contributed by atoms with van der Waals surface area (Å²) >= 11 is 1.55. The van der Waals surface area contributed by atoms with E-state index in [1.54, 1.807) is 36.9 Å². The summed E-state index contributed by atoms with van der Waals surface area (Å²) in [6.45, 7) is 2.04. The Bertz CT molecular complexity index is 906. The number of rotatable bonds is 3. The standard InChI is InChI=1S/C17H16N2O5S/c1-10-8-14(20)16(17(21)24-10)12-9-15(25-7-6-18-12)11-4-2-3-5-13(11)19(22)23/h2-5,8,15,20H,6-7,9H2,1H3/t15-/m1/s1. The third-order valence-electron chi connectivity index (χ3n) is 3.91. The molecule has 1 atom stereocenters. The number of aromatic hydroxyl groups is 1. The summed E-state index contributed by atoms with van der Waals surface area (Å²) in [6.07, 6.45) is 0.302. The lowest BCUT2D eigenvalue weighted by atomic mass is 10.0. The van der Waals surface area contributed by atoms with Gasteiger partial charge >= 0.3 is 5.63 Å². The van der Waals surface area contributed by atoms with Gasteiger partial charge in [-0.2, -0.15) is 11.8 Å². The van der Waals surface area contributed by atoms with Crippen molar-refractivity contribution in [2.24, 2.45) is 4.99 Å². The average molecular weight is 360 g/mol. The minimum atomic E-state index is -0.649. The fourth-order valence-electron chi connectivity index (χ4n) is 2.84. The number of nitro groups is 1. The third kappa shape index (κ3) is 3.58. The summed E-state index contributed by atoms with van der Waals surface area (Å²) in [5.41, 5.74) is 0.435. The molecule has 3 rings (SSSR count). The molecule has 1 aromatic carbocycles. The van der Waals surface area contributed by atoms with Crippen LogP contribution < -0.4 is 5.63 Å². The van der Waals surface area contributed by atoms with Crippen LogP contribution in [-0.2, 0) is 0 Å². The zero-order valence-electron chi connectivity index (χ0n) is 13.5. The van der Waals surface area contributed by atoms with Crippen LogP contribution in [0.15, 0.2) is 44.5 Å². The monoisotopic (exact) mass is 360 g/mol. The molecule has 0 fully saturated rings. The minimum absolute atomic E-state index is 0.0386. The molecule has 1 aromatic heterocycles. The quantitative estimate of drug-likeness (QED) is 0.665. The molecule has 0 bridgehead atoms. The van der Waals surface area contributed by atoms with Crippen LogP contribution in [0.2, 0.25) is 0 Å². The van der Waals surface area contributed by atoms with Gasteiger partial charge in [-0.25, -0.2) is 4.79 Å². The lowest BCUT2D eigenvalue weighted by Gasteiger charge is -2.15. The molecule has 0 radical (unpaired) electrons. The Morgan fingerprint density at radius 3 is 2.88 bits per heavy atom. The molecule has 1 aliphatic heterocycles. The molecule has 1 aliphatic rings. The topological polar surface area (TPSA) is 106 Å². The maximum absolute atomic E-state index is 12.2. The number of nitrogens with zero attached hydrogens (tertiary/aromatic N) is 2. The van der Waals surface area contributed by atoms with Gasteiger partial charge in [-0.15, -0.1) is 0 Å². The van der Waals surface area contributed by atoms with E-state index in [2.05, 4.69) is 4.99 Å². The number of aryl methyl sites for hydroxylation is 1. The van der Waals surface area contributed by atoms with Gasteiger partial charge in [0.25, 0.3) is 5.69 Å². The van der Waals surface area contributed by atoms with Crippen LogP contribution in [-0.4, -0.2) is 28.0 Å². The van der Waals surface area contributed by atoms with E-state index in [9.17, 15) is 20.0 Å².